The molecule has 0 bridgehead atoms. The fourth-order valence-electron chi connectivity index (χ4n) is 2.17. The highest BCUT2D eigenvalue weighted by Crippen LogP contribution is 2.32. The van der Waals surface area contributed by atoms with Gasteiger partial charge < -0.3 is 10.5 Å². The number of ether oxygens (including phenoxy) is 1. The van der Waals surface area contributed by atoms with E-state index in [1.807, 2.05) is 6.92 Å². The highest BCUT2D eigenvalue weighted by Gasteiger charge is 2.18. The minimum absolute atomic E-state index is 0.0268. The summed E-state index contributed by atoms with van der Waals surface area (Å²) in [7, 11) is 0. The first-order valence-corrected chi connectivity index (χ1v) is 7.78. The van der Waals surface area contributed by atoms with Gasteiger partial charge in [0.05, 0.1) is 5.69 Å². The molecule has 3 rings (SSSR count). The molecular formula is C16H14ClF2N5O. The van der Waals surface area contributed by atoms with Gasteiger partial charge >= 0.3 is 0 Å². The lowest BCUT2D eigenvalue weighted by Crippen LogP contribution is -2.06. The van der Waals surface area contributed by atoms with Gasteiger partial charge in [0.1, 0.15) is 23.0 Å². The molecule has 0 atom stereocenters. The van der Waals surface area contributed by atoms with Crippen LogP contribution in [0.25, 0.3) is 5.69 Å². The van der Waals surface area contributed by atoms with Gasteiger partial charge in [-0.05, 0) is 19.1 Å². The summed E-state index contributed by atoms with van der Waals surface area (Å²) in [6.45, 7) is 3.56. The van der Waals surface area contributed by atoms with Crippen LogP contribution in [0.1, 0.15) is 18.4 Å². The fourth-order valence-corrected chi connectivity index (χ4v) is 2.35. The van der Waals surface area contributed by atoms with E-state index in [9.17, 15) is 8.78 Å². The third-order valence-electron chi connectivity index (χ3n) is 3.36. The molecule has 0 unspecified atom stereocenters. The lowest BCUT2D eigenvalue weighted by atomic mass is 10.3. The highest BCUT2D eigenvalue weighted by molar-refractivity contribution is 6.32. The topological polar surface area (TPSA) is 78.9 Å². The molecule has 0 aliphatic rings. The number of aromatic nitrogens is 4. The maximum atomic E-state index is 14.1. The minimum atomic E-state index is -0.782. The van der Waals surface area contributed by atoms with Crippen LogP contribution in [-0.2, 0) is 6.42 Å². The van der Waals surface area contributed by atoms with Crippen molar-refractivity contribution in [2.45, 2.75) is 20.3 Å². The van der Waals surface area contributed by atoms with E-state index in [-0.39, 0.29) is 28.3 Å². The summed E-state index contributed by atoms with van der Waals surface area (Å²) in [5, 5.41) is 4.24. The minimum Gasteiger partial charge on any atom is -0.418 e. The lowest BCUT2D eigenvalue weighted by Gasteiger charge is -2.11. The van der Waals surface area contributed by atoms with Gasteiger partial charge in [-0.1, -0.05) is 18.5 Å². The number of nitrogen functional groups attached to an aromatic ring is 1. The third kappa shape index (κ3) is 3.39. The van der Waals surface area contributed by atoms with Gasteiger partial charge in [-0.25, -0.2) is 13.8 Å². The molecule has 0 saturated heterocycles. The lowest BCUT2D eigenvalue weighted by molar-refractivity contribution is 0.424. The van der Waals surface area contributed by atoms with Crippen molar-refractivity contribution in [3.8, 4) is 17.4 Å². The van der Waals surface area contributed by atoms with Gasteiger partial charge in [0.15, 0.2) is 11.0 Å². The smallest absolute Gasteiger partial charge is 0.249 e. The Kier molecular flexibility index (Phi) is 4.54. The van der Waals surface area contributed by atoms with E-state index in [1.54, 1.807) is 13.0 Å². The summed E-state index contributed by atoms with van der Waals surface area (Å²) in [5.74, 6) is -0.820. The van der Waals surface area contributed by atoms with Crippen LogP contribution in [0.2, 0.25) is 5.15 Å². The third-order valence-corrected chi connectivity index (χ3v) is 3.65. The number of anilines is 1. The fraction of sp³-hybridized carbons (Fsp3) is 0.188. The summed E-state index contributed by atoms with van der Waals surface area (Å²) in [6.07, 6.45) is 0.529. The standard InChI is InChI=1S/C16H14ClF2N5O/c1-3-12-21-15(17)14(20)16(22-12)25-13-6-8(2)23-24(13)11-5-4-9(18)7-10(11)19/h4-7H,3,20H2,1-2H3. The van der Waals surface area contributed by atoms with Crippen LogP contribution in [0.5, 0.6) is 11.8 Å². The molecule has 3 aromatic rings. The molecule has 0 fully saturated rings. The highest BCUT2D eigenvalue weighted by atomic mass is 35.5. The van der Waals surface area contributed by atoms with Crippen LogP contribution >= 0.6 is 11.6 Å². The Morgan fingerprint density at radius 1 is 1.24 bits per heavy atom. The molecule has 0 aliphatic heterocycles. The molecule has 130 valence electrons. The van der Waals surface area contributed by atoms with E-state index in [0.29, 0.717) is 17.9 Å². The maximum Gasteiger partial charge on any atom is 0.249 e. The second kappa shape index (κ2) is 6.64. The molecule has 0 radical (unpaired) electrons. The first-order valence-electron chi connectivity index (χ1n) is 7.41. The van der Waals surface area contributed by atoms with Crippen molar-refractivity contribution in [2.24, 2.45) is 0 Å². The van der Waals surface area contributed by atoms with Crippen LogP contribution in [0.3, 0.4) is 0 Å². The Bertz CT molecular complexity index is 945. The van der Waals surface area contributed by atoms with Crippen molar-refractivity contribution in [3.63, 3.8) is 0 Å². The average molecular weight is 366 g/mol. The van der Waals surface area contributed by atoms with Crippen LogP contribution in [-0.4, -0.2) is 19.7 Å². The predicted octanol–water partition coefficient (Wildman–Crippen LogP) is 3.84. The molecule has 1 aromatic carbocycles. The molecule has 0 spiro atoms. The van der Waals surface area contributed by atoms with Gasteiger partial charge in [-0.2, -0.15) is 14.8 Å². The molecule has 0 amide bonds. The van der Waals surface area contributed by atoms with Crippen molar-refractivity contribution >= 4 is 17.3 Å². The van der Waals surface area contributed by atoms with Crippen molar-refractivity contribution in [3.05, 3.63) is 52.6 Å². The molecule has 2 heterocycles. The van der Waals surface area contributed by atoms with Gasteiger partial charge in [-0.15, -0.1) is 0 Å². The zero-order valence-electron chi connectivity index (χ0n) is 13.4. The van der Waals surface area contributed by atoms with E-state index in [4.69, 9.17) is 22.1 Å². The summed E-state index contributed by atoms with van der Waals surface area (Å²) in [4.78, 5) is 8.22. The second-order valence-electron chi connectivity index (χ2n) is 5.24. The molecule has 6 nitrogen and oxygen atoms in total. The molecule has 2 N–H and O–H groups in total. The van der Waals surface area contributed by atoms with Crippen molar-refractivity contribution in [1.82, 2.24) is 19.7 Å². The van der Waals surface area contributed by atoms with Crippen molar-refractivity contribution in [1.29, 1.82) is 0 Å². The van der Waals surface area contributed by atoms with Gasteiger partial charge in [-0.3, -0.25) is 0 Å². The maximum absolute atomic E-state index is 14.1. The second-order valence-corrected chi connectivity index (χ2v) is 5.59. The molecule has 2 aromatic heterocycles. The number of aryl methyl sites for hydroxylation is 2. The van der Waals surface area contributed by atoms with E-state index in [0.717, 1.165) is 12.1 Å². The van der Waals surface area contributed by atoms with Gasteiger partial charge in [0, 0.05) is 18.6 Å². The summed E-state index contributed by atoms with van der Waals surface area (Å²) in [6, 6.07) is 4.73. The number of nitrogens with two attached hydrogens (primary N) is 1. The van der Waals surface area contributed by atoms with E-state index >= 15 is 0 Å². The van der Waals surface area contributed by atoms with E-state index in [1.165, 1.54) is 10.7 Å². The van der Waals surface area contributed by atoms with Gasteiger partial charge in [0.25, 0.3) is 0 Å². The summed E-state index contributed by atoms with van der Waals surface area (Å²) < 4.78 is 34.1. The zero-order valence-corrected chi connectivity index (χ0v) is 14.2. The van der Waals surface area contributed by atoms with Crippen LogP contribution < -0.4 is 10.5 Å². The Morgan fingerprint density at radius 2 is 2.00 bits per heavy atom. The first kappa shape index (κ1) is 17.1. The number of hydrogen-bond donors (Lipinski definition) is 1. The molecular weight excluding hydrogens is 352 g/mol. The first-order chi connectivity index (χ1) is 11.9. The largest absolute Gasteiger partial charge is 0.418 e. The monoisotopic (exact) mass is 365 g/mol. The number of halogens is 3. The number of hydrogen-bond acceptors (Lipinski definition) is 5. The summed E-state index contributed by atoms with van der Waals surface area (Å²) >= 11 is 5.99. The molecule has 0 aliphatic carbocycles. The quantitative estimate of drug-likeness (QED) is 0.711. The summed E-state index contributed by atoms with van der Waals surface area (Å²) in [5.41, 5.74) is 6.51. The number of rotatable bonds is 4. The SMILES string of the molecule is CCc1nc(Cl)c(N)c(Oc2cc(C)nn2-c2ccc(F)cc2F)n1. The van der Waals surface area contributed by atoms with Crippen molar-refractivity contribution < 1.29 is 13.5 Å². The molecule has 9 heteroatoms. The number of nitrogens with zero attached hydrogens (tertiary/aromatic N) is 4. The Balaban J connectivity index is 2.07. The number of benzene rings is 1. The van der Waals surface area contributed by atoms with Crippen molar-refractivity contribution in [2.75, 3.05) is 5.73 Å². The normalized spacial score (nSPS) is 10.9. The van der Waals surface area contributed by atoms with E-state index in [2.05, 4.69) is 15.1 Å². The Labute approximate surface area is 147 Å². The van der Waals surface area contributed by atoms with Crippen LogP contribution in [0.4, 0.5) is 14.5 Å². The molecule has 25 heavy (non-hydrogen) atoms. The Morgan fingerprint density at radius 3 is 2.68 bits per heavy atom. The van der Waals surface area contributed by atoms with Gasteiger partial charge in [0.2, 0.25) is 11.8 Å². The van der Waals surface area contributed by atoms with Crippen LogP contribution in [0, 0.1) is 18.6 Å². The Hall–Kier alpha value is -2.74. The zero-order chi connectivity index (χ0) is 18.1. The van der Waals surface area contributed by atoms with E-state index < -0.39 is 11.6 Å². The van der Waals surface area contributed by atoms with Crippen LogP contribution in [0.15, 0.2) is 24.3 Å². The predicted molar refractivity (Wildman–Crippen MR) is 89.1 cm³/mol. The molecule has 0 saturated carbocycles. The average Bonchev–Trinajstić information content (AvgIpc) is 2.91.